The van der Waals surface area contributed by atoms with Crippen molar-refractivity contribution >= 4 is 29.4 Å². The minimum absolute atomic E-state index is 0.0195. The number of amides is 1. The van der Waals surface area contributed by atoms with Gasteiger partial charge in [-0.15, -0.1) is 11.6 Å². The van der Waals surface area contributed by atoms with Gasteiger partial charge in [0.1, 0.15) is 23.5 Å². The van der Waals surface area contributed by atoms with Crippen molar-refractivity contribution in [1.82, 2.24) is 20.3 Å². The summed E-state index contributed by atoms with van der Waals surface area (Å²) in [5, 5.41) is 3.40. The number of hydrogen-bond acceptors (Lipinski definition) is 5. The number of anilines is 1. The van der Waals surface area contributed by atoms with Gasteiger partial charge in [0.15, 0.2) is 5.82 Å². The Hall–Kier alpha value is -2.48. The summed E-state index contributed by atoms with van der Waals surface area (Å²) in [7, 11) is 0. The van der Waals surface area contributed by atoms with Crippen LogP contribution in [0.5, 0.6) is 0 Å². The van der Waals surface area contributed by atoms with E-state index in [0.29, 0.717) is 31.2 Å². The van der Waals surface area contributed by atoms with Gasteiger partial charge < -0.3 is 15.2 Å². The van der Waals surface area contributed by atoms with Gasteiger partial charge >= 0.3 is 0 Å². The molecule has 0 radical (unpaired) electrons. The number of nitrogens with zero attached hydrogens (tertiary/aromatic N) is 4. The molecular formula is C19H22ClFN6O. The van der Waals surface area contributed by atoms with E-state index in [0.717, 1.165) is 22.7 Å². The average molecular weight is 405 g/mol. The molecule has 1 fully saturated rings. The lowest BCUT2D eigenvalue weighted by Crippen LogP contribution is -2.54. The normalized spacial score (nSPS) is 23.7. The van der Waals surface area contributed by atoms with Crippen LogP contribution in [0.4, 0.5) is 10.2 Å². The molecule has 7 nitrogen and oxygen atoms in total. The highest BCUT2D eigenvalue weighted by atomic mass is 35.5. The quantitative estimate of drug-likeness (QED) is 0.726. The van der Waals surface area contributed by atoms with Crippen molar-refractivity contribution in [2.24, 2.45) is 4.99 Å². The van der Waals surface area contributed by atoms with Crippen molar-refractivity contribution in [3.63, 3.8) is 0 Å². The van der Waals surface area contributed by atoms with Crippen LogP contribution in [0.25, 0.3) is 17.5 Å². The maximum atomic E-state index is 12.7. The highest BCUT2D eigenvalue weighted by molar-refractivity contribution is 6.24. The van der Waals surface area contributed by atoms with Gasteiger partial charge in [-0.2, -0.15) is 0 Å². The number of aromatic amines is 1. The van der Waals surface area contributed by atoms with Gasteiger partial charge in [-0.25, -0.2) is 14.4 Å². The van der Waals surface area contributed by atoms with Gasteiger partial charge in [0.25, 0.3) is 0 Å². The number of carbonyl (C=O) groups is 1. The fourth-order valence-electron chi connectivity index (χ4n) is 3.87. The van der Waals surface area contributed by atoms with Crippen LogP contribution in [-0.2, 0) is 4.79 Å². The molecule has 0 bridgehead atoms. The van der Waals surface area contributed by atoms with Crippen LogP contribution in [0.1, 0.15) is 19.8 Å². The standard InChI is InChI=1S/C19H22ClFN6O/c1-19(18(28)23-7-5-21)4-2-8-27(19)15-3-6-22-17(26-15)14-11-25-16-13(14)9-12(20)10-24-16/h3,6,9,11-12H,2,4-5,7-8,10H2,1H3,(H,23,28)(H,24,25)/t12?,19-/m1/s1. The van der Waals surface area contributed by atoms with Gasteiger partial charge in [-0.1, -0.05) is 6.08 Å². The summed E-state index contributed by atoms with van der Waals surface area (Å²) >= 11 is 6.23. The number of halogens is 2. The average Bonchev–Trinajstić information content (AvgIpc) is 3.30. The number of rotatable bonds is 5. The Morgan fingerprint density at radius 3 is 3.21 bits per heavy atom. The molecule has 0 spiro atoms. The van der Waals surface area contributed by atoms with Gasteiger partial charge in [-0.05, 0) is 25.8 Å². The van der Waals surface area contributed by atoms with Crippen molar-refractivity contribution in [3.05, 3.63) is 29.2 Å². The van der Waals surface area contributed by atoms with E-state index in [1.165, 1.54) is 0 Å². The molecule has 28 heavy (non-hydrogen) atoms. The maximum Gasteiger partial charge on any atom is 0.245 e. The predicted molar refractivity (Wildman–Crippen MR) is 106 cm³/mol. The number of nitrogens with one attached hydrogen (secondary N) is 2. The maximum absolute atomic E-state index is 12.7. The summed E-state index contributed by atoms with van der Waals surface area (Å²) in [6.07, 6.45) is 7.02. The molecule has 1 amide bonds. The van der Waals surface area contributed by atoms with Crippen LogP contribution < -0.4 is 20.9 Å². The van der Waals surface area contributed by atoms with Gasteiger partial charge in [0.05, 0.1) is 11.9 Å². The first kappa shape index (κ1) is 18.9. The molecule has 2 N–H and O–H groups in total. The zero-order valence-electron chi connectivity index (χ0n) is 15.6. The summed E-state index contributed by atoms with van der Waals surface area (Å²) in [5.74, 6) is 1.04. The zero-order valence-corrected chi connectivity index (χ0v) is 16.3. The lowest BCUT2D eigenvalue weighted by Gasteiger charge is -2.34. The number of aromatic nitrogens is 3. The van der Waals surface area contributed by atoms with Crippen molar-refractivity contribution in [1.29, 1.82) is 0 Å². The van der Waals surface area contributed by atoms with E-state index in [9.17, 15) is 9.18 Å². The SMILES string of the molecule is C[C@]1(C(=O)NCCF)CCCN1c1ccnc(-c2c[nH]c3c2=CC(Cl)CN=3)n1. The molecule has 0 saturated carbocycles. The van der Waals surface area contributed by atoms with E-state index in [1.54, 1.807) is 12.3 Å². The molecule has 0 aliphatic carbocycles. The second-order valence-corrected chi connectivity index (χ2v) is 7.76. The molecule has 2 aromatic rings. The summed E-state index contributed by atoms with van der Waals surface area (Å²) in [5.41, 5.74) is 0.840. The highest BCUT2D eigenvalue weighted by Gasteiger charge is 2.43. The molecule has 2 aliphatic rings. The van der Waals surface area contributed by atoms with Crippen LogP contribution >= 0.6 is 11.6 Å². The molecule has 0 aromatic carbocycles. The molecule has 9 heteroatoms. The number of hydrogen-bond donors (Lipinski definition) is 2. The molecule has 4 heterocycles. The Morgan fingerprint density at radius 2 is 2.39 bits per heavy atom. The molecule has 1 saturated heterocycles. The van der Waals surface area contributed by atoms with Gasteiger partial charge in [0.2, 0.25) is 5.91 Å². The summed E-state index contributed by atoms with van der Waals surface area (Å²) in [6, 6.07) is 1.80. The van der Waals surface area contributed by atoms with E-state index in [2.05, 4.69) is 20.3 Å². The molecule has 148 valence electrons. The fraction of sp³-hybridized carbons (Fsp3) is 0.474. The molecule has 2 atom stereocenters. The van der Waals surface area contributed by atoms with Crippen LogP contribution in [0, 0.1) is 0 Å². The first-order chi connectivity index (χ1) is 13.5. The van der Waals surface area contributed by atoms with Crippen molar-refractivity contribution in [2.75, 3.05) is 31.2 Å². The summed E-state index contributed by atoms with van der Waals surface area (Å²) < 4.78 is 12.5. The molecule has 2 aliphatic heterocycles. The Morgan fingerprint density at radius 1 is 1.54 bits per heavy atom. The minimum Gasteiger partial charge on any atom is -0.351 e. The number of alkyl halides is 2. The summed E-state index contributed by atoms with van der Waals surface area (Å²) in [6.45, 7) is 2.55. The minimum atomic E-state index is -0.763. The Kier molecular flexibility index (Phi) is 5.05. The Labute approximate surface area is 166 Å². The predicted octanol–water partition coefficient (Wildman–Crippen LogP) is 0.937. The lowest BCUT2D eigenvalue weighted by atomic mass is 9.97. The Balaban J connectivity index is 1.69. The van der Waals surface area contributed by atoms with E-state index in [4.69, 9.17) is 16.6 Å². The van der Waals surface area contributed by atoms with Gasteiger partial charge in [-0.3, -0.25) is 9.79 Å². The lowest BCUT2D eigenvalue weighted by molar-refractivity contribution is -0.125. The second-order valence-electron chi connectivity index (χ2n) is 7.20. The number of H-pyrrole nitrogens is 1. The van der Waals surface area contributed by atoms with E-state index in [1.807, 2.05) is 24.1 Å². The fourth-order valence-corrected chi connectivity index (χ4v) is 4.06. The zero-order chi connectivity index (χ0) is 19.7. The van der Waals surface area contributed by atoms with E-state index >= 15 is 0 Å². The molecule has 1 unspecified atom stereocenters. The van der Waals surface area contributed by atoms with E-state index in [-0.39, 0.29) is 17.8 Å². The first-order valence-electron chi connectivity index (χ1n) is 9.36. The third-order valence-electron chi connectivity index (χ3n) is 5.34. The monoisotopic (exact) mass is 404 g/mol. The highest BCUT2D eigenvalue weighted by Crippen LogP contribution is 2.33. The molecule has 2 aromatic heterocycles. The number of fused-ring (bicyclic) bond motifs is 1. The van der Waals surface area contributed by atoms with E-state index < -0.39 is 12.2 Å². The molecular weight excluding hydrogens is 383 g/mol. The summed E-state index contributed by atoms with van der Waals surface area (Å²) in [4.78, 5) is 31.3. The molecule has 4 rings (SSSR count). The van der Waals surface area contributed by atoms with Crippen LogP contribution in [-0.4, -0.2) is 58.1 Å². The first-order valence-corrected chi connectivity index (χ1v) is 9.80. The Bertz CT molecular complexity index is 1010. The van der Waals surface area contributed by atoms with Crippen molar-refractivity contribution in [3.8, 4) is 11.4 Å². The largest absolute Gasteiger partial charge is 0.351 e. The van der Waals surface area contributed by atoms with Gasteiger partial charge in [0, 0.05) is 36.3 Å². The third-order valence-corrected chi connectivity index (χ3v) is 5.60. The van der Waals surface area contributed by atoms with Crippen LogP contribution in [0.15, 0.2) is 23.5 Å². The third kappa shape index (κ3) is 3.26. The van der Waals surface area contributed by atoms with Crippen LogP contribution in [0.2, 0.25) is 0 Å². The second kappa shape index (κ2) is 7.50. The van der Waals surface area contributed by atoms with Crippen LogP contribution in [0.3, 0.4) is 0 Å². The van der Waals surface area contributed by atoms with Crippen molar-refractivity contribution in [2.45, 2.75) is 30.7 Å². The number of carbonyl (C=O) groups excluding carboxylic acids is 1. The smallest absolute Gasteiger partial charge is 0.245 e. The van der Waals surface area contributed by atoms with Crippen molar-refractivity contribution < 1.29 is 9.18 Å². The topological polar surface area (TPSA) is 86.3 Å².